The fraction of sp³-hybridized carbons (Fsp3) is 0.917. The molecule has 0 radical (unpaired) electrons. The van der Waals surface area contributed by atoms with E-state index in [0.717, 1.165) is 25.9 Å². The molecule has 0 aliphatic carbocycles. The van der Waals surface area contributed by atoms with E-state index < -0.39 is 0 Å². The molecule has 2 N–H and O–H groups in total. The van der Waals surface area contributed by atoms with Crippen LogP contribution in [0.3, 0.4) is 0 Å². The van der Waals surface area contributed by atoms with E-state index in [0.29, 0.717) is 18.9 Å². The largest absolute Gasteiger partial charge is 0.396 e. The van der Waals surface area contributed by atoms with Gasteiger partial charge in [0.25, 0.3) is 0 Å². The predicted molar refractivity (Wildman–Crippen MR) is 64.1 cm³/mol. The van der Waals surface area contributed by atoms with Gasteiger partial charge < -0.3 is 15.3 Å². The molecule has 1 rings (SSSR count). The molecular weight excluding hydrogens is 204 g/mol. The van der Waals surface area contributed by atoms with Crippen LogP contribution in [0.1, 0.15) is 33.1 Å². The third-order valence-electron chi connectivity index (χ3n) is 3.24. The first kappa shape index (κ1) is 13.5. The highest BCUT2D eigenvalue weighted by Crippen LogP contribution is 2.16. The van der Waals surface area contributed by atoms with Crippen molar-refractivity contribution >= 4 is 5.91 Å². The Hall–Kier alpha value is -0.610. The van der Waals surface area contributed by atoms with E-state index in [-0.39, 0.29) is 18.6 Å². The summed E-state index contributed by atoms with van der Waals surface area (Å²) in [7, 11) is 0. The molecule has 2 atom stereocenters. The fourth-order valence-electron chi connectivity index (χ4n) is 2.20. The van der Waals surface area contributed by atoms with Crippen molar-refractivity contribution in [3.05, 3.63) is 0 Å². The summed E-state index contributed by atoms with van der Waals surface area (Å²) in [6, 6.07) is -0.0117. The van der Waals surface area contributed by atoms with Crippen molar-refractivity contribution < 1.29 is 9.90 Å². The Morgan fingerprint density at radius 2 is 2.31 bits per heavy atom. The number of amides is 1. The molecule has 94 valence electrons. The Balaban J connectivity index is 2.46. The smallest absolute Gasteiger partial charge is 0.239 e. The zero-order valence-electron chi connectivity index (χ0n) is 10.4. The highest BCUT2D eigenvalue weighted by atomic mass is 16.3. The van der Waals surface area contributed by atoms with Crippen molar-refractivity contribution in [1.82, 2.24) is 10.2 Å². The van der Waals surface area contributed by atoms with Crippen LogP contribution in [0.4, 0.5) is 0 Å². The van der Waals surface area contributed by atoms with Crippen molar-refractivity contribution in [1.29, 1.82) is 0 Å². The molecule has 0 aromatic carbocycles. The van der Waals surface area contributed by atoms with Gasteiger partial charge in [0.05, 0.1) is 6.04 Å². The number of piperidine rings is 1. The summed E-state index contributed by atoms with van der Waals surface area (Å²) in [6.07, 6.45) is 2.77. The number of likely N-dealkylation sites (N-methyl/N-ethyl adjacent to an activating group) is 1. The van der Waals surface area contributed by atoms with Gasteiger partial charge in [0.15, 0.2) is 0 Å². The van der Waals surface area contributed by atoms with E-state index in [9.17, 15) is 4.79 Å². The summed E-state index contributed by atoms with van der Waals surface area (Å²) in [5.41, 5.74) is 0. The maximum absolute atomic E-state index is 12.2. The number of hydrogen-bond acceptors (Lipinski definition) is 3. The third-order valence-corrected chi connectivity index (χ3v) is 3.24. The lowest BCUT2D eigenvalue weighted by Crippen LogP contribution is -2.50. The molecule has 16 heavy (non-hydrogen) atoms. The Morgan fingerprint density at radius 3 is 2.88 bits per heavy atom. The maximum atomic E-state index is 12.2. The van der Waals surface area contributed by atoms with Gasteiger partial charge in [0, 0.05) is 19.7 Å². The molecule has 2 unspecified atom stereocenters. The lowest BCUT2D eigenvalue weighted by Gasteiger charge is -2.31. The number of nitrogens with zero attached hydrogens (tertiary/aromatic N) is 1. The molecule has 1 fully saturated rings. The van der Waals surface area contributed by atoms with Crippen LogP contribution in [0.2, 0.25) is 0 Å². The molecule has 0 spiro atoms. The molecule has 1 heterocycles. The highest BCUT2D eigenvalue weighted by Gasteiger charge is 2.27. The minimum atomic E-state index is -0.0117. The number of hydrogen-bond donors (Lipinski definition) is 2. The second-order valence-corrected chi connectivity index (χ2v) is 4.63. The van der Waals surface area contributed by atoms with Gasteiger partial charge in [-0.3, -0.25) is 4.79 Å². The van der Waals surface area contributed by atoms with Crippen molar-refractivity contribution in [3.8, 4) is 0 Å². The minimum Gasteiger partial charge on any atom is -0.396 e. The second kappa shape index (κ2) is 6.86. The molecule has 1 aliphatic rings. The molecule has 0 aromatic rings. The summed E-state index contributed by atoms with van der Waals surface area (Å²) >= 11 is 0. The first-order chi connectivity index (χ1) is 7.69. The number of carbonyl (C=O) groups is 1. The maximum Gasteiger partial charge on any atom is 0.239 e. The van der Waals surface area contributed by atoms with Gasteiger partial charge in [0.2, 0.25) is 5.91 Å². The van der Waals surface area contributed by atoms with Gasteiger partial charge >= 0.3 is 0 Å². The van der Waals surface area contributed by atoms with Crippen molar-refractivity contribution in [2.45, 2.75) is 39.2 Å². The standard InChI is InChI=1S/C12H24N2O2/c1-3-14(7-4-8-15)12(16)11-9-10(2)5-6-13-11/h10-11,13,15H,3-9H2,1-2H3. The number of aliphatic hydroxyl groups is 1. The van der Waals surface area contributed by atoms with E-state index >= 15 is 0 Å². The topological polar surface area (TPSA) is 52.6 Å². The van der Waals surface area contributed by atoms with Crippen LogP contribution < -0.4 is 5.32 Å². The first-order valence-corrected chi connectivity index (χ1v) is 6.32. The van der Waals surface area contributed by atoms with Crippen molar-refractivity contribution in [2.75, 3.05) is 26.2 Å². The molecule has 1 saturated heterocycles. The number of nitrogens with one attached hydrogen (secondary N) is 1. The van der Waals surface area contributed by atoms with Gasteiger partial charge in [-0.05, 0) is 38.6 Å². The van der Waals surface area contributed by atoms with E-state index in [4.69, 9.17) is 5.11 Å². The lowest BCUT2D eigenvalue weighted by atomic mass is 9.93. The average molecular weight is 228 g/mol. The molecule has 1 amide bonds. The zero-order chi connectivity index (χ0) is 12.0. The SMILES string of the molecule is CCN(CCCO)C(=O)C1CC(C)CCN1. The normalized spacial score (nSPS) is 25.4. The average Bonchev–Trinajstić information content (AvgIpc) is 2.29. The molecular formula is C12H24N2O2. The van der Waals surface area contributed by atoms with Crippen LogP contribution in [0, 0.1) is 5.92 Å². The Bertz CT molecular complexity index is 221. The van der Waals surface area contributed by atoms with Crippen LogP contribution in [0.5, 0.6) is 0 Å². The van der Waals surface area contributed by atoms with E-state index in [1.165, 1.54) is 0 Å². The van der Waals surface area contributed by atoms with Gasteiger partial charge in [-0.1, -0.05) is 6.92 Å². The van der Waals surface area contributed by atoms with Crippen LogP contribution >= 0.6 is 0 Å². The van der Waals surface area contributed by atoms with Crippen LogP contribution in [-0.2, 0) is 4.79 Å². The van der Waals surface area contributed by atoms with Crippen LogP contribution in [-0.4, -0.2) is 48.2 Å². The Kier molecular flexibility index (Phi) is 5.77. The molecule has 0 aromatic heterocycles. The first-order valence-electron chi connectivity index (χ1n) is 6.32. The van der Waals surface area contributed by atoms with Gasteiger partial charge in [-0.2, -0.15) is 0 Å². The molecule has 0 bridgehead atoms. The monoisotopic (exact) mass is 228 g/mol. The van der Waals surface area contributed by atoms with E-state index in [1.807, 2.05) is 11.8 Å². The summed E-state index contributed by atoms with van der Waals surface area (Å²) in [4.78, 5) is 14.0. The summed E-state index contributed by atoms with van der Waals surface area (Å²) in [5, 5.41) is 12.1. The molecule has 4 nitrogen and oxygen atoms in total. The van der Waals surface area contributed by atoms with E-state index in [1.54, 1.807) is 0 Å². The second-order valence-electron chi connectivity index (χ2n) is 4.63. The highest BCUT2D eigenvalue weighted by molar-refractivity contribution is 5.82. The number of aliphatic hydroxyl groups excluding tert-OH is 1. The Labute approximate surface area is 98.0 Å². The number of rotatable bonds is 5. The summed E-state index contributed by atoms with van der Waals surface area (Å²) < 4.78 is 0. The molecule has 4 heteroatoms. The van der Waals surface area contributed by atoms with Crippen molar-refractivity contribution in [2.24, 2.45) is 5.92 Å². The quantitative estimate of drug-likeness (QED) is 0.725. The van der Waals surface area contributed by atoms with Crippen LogP contribution in [0.25, 0.3) is 0 Å². The third kappa shape index (κ3) is 3.76. The van der Waals surface area contributed by atoms with Gasteiger partial charge in [-0.15, -0.1) is 0 Å². The Morgan fingerprint density at radius 1 is 1.56 bits per heavy atom. The van der Waals surface area contributed by atoms with Gasteiger partial charge in [-0.25, -0.2) is 0 Å². The summed E-state index contributed by atoms with van der Waals surface area (Å²) in [6.45, 7) is 6.67. The minimum absolute atomic E-state index is 0.0117. The van der Waals surface area contributed by atoms with E-state index in [2.05, 4.69) is 12.2 Å². The predicted octanol–water partition coefficient (Wildman–Crippen LogP) is 0.605. The van der Waals surface area contributed by atoms with Crippen molar-refractivity contribution in [3.63, 3.8) is 0 Å². The fourth-order valence-corrected chi connectivity index (χ4v) is 2.20. The van der Waals surface area contributed by atoms with Crippen LogP contribution in [0.15, 0.2) is 0 Å². The molecule has 1 aliphatic heterocycles. The summed E-state index contributed by atoms with van der Waals surface area (Å²) in [5.74, 6) is 0.828. The zero-order valence-corrected chi connectivity index (χ0v) is 10.4. The number of carbonyl (C=O) groups excluding carboxylic acids is 1. The lowest BCUT2D eigenvalue weighted by molar-refractivity contribution is -0.134. The molecule has 0 saturated carbocycles. The van der Waals surface area contributed by atoms with Gasteiger partial charge in [0.1, 0.15) is 0 Å².